The second-order valence-corrected chi connectivity index (χ2v) is 5.23. The summed E-state index contributed by atoms with van der Waals surface area (Å²) < 4.78 is 0. The van der Waals surface area contributed by atoms with Gasteiger partial charge in [0.05, 0.1) is 6.42 Å². The molecule has 1 fully saturated rings. The lowest BCUT2D eigenvalue weighted by atomic mass is 9.98. The Morgan fingerprint density at radius 2 is 2.11 bits per heavy atom. The predicted octanol–water partition coefficient (Wildman–Crippen LogP) is 1.98. The van der Waals surface area contributed by atoms with Crippen molar-refractivity contribution in [1.82, 2.24) is 10.6 Å². The summed E-state index contributed by atoms with van der Waals surface area (Å²) in [5.41, 5.74) is 0. The van der Waals surface area contributed by atoms with Crippen molar-refractivity contribution in [3.63, 3.8) is 0 Å². The highest BCUT2D eigenvalue weighted by molar-refractivity contribution is 5.75. The van der Waals surface area contributed by atoms with Gasteiger partial charge in [-0.1, -0.05) is 26.7 Å². The van der Waals surface area contributed by atoms with Gasteiger partial charge >= 0.3 is 12.0 Å². The first-order chi connectivity index (χ1) is 8.52. The Kier molecular flexibility index (Phi) is 5.95. The molecule has 0 spiro atoms. The minimum absolute atomic E-state index is 0.0241. The van der Waals surface area contributed by atoms with Crippen LogP contribution in [0.5, 0.6) is 0 Å². The van der Waals surface area contributed by atoms with Gasteiger partial charge in [0.15, 0.2) is 0 Å². The van der Waals surface area contributed by atoms with E-state index in [0.717, 1.165) is 0 Å². The molecule has 3 N–H and O–H groups in total. The van der Waals surface area contributed by atoms with Crippen molar-refractivity contribution in [3.05, 3.63) is 0 Å². The molecule has 104 valence electrons. The Hall–Kier alpha value is -1.26. The lowest BCUT2D eigenvalue weighted by Gasteiger charge is -2.19. The van der Waals surface area contributed by atoms with E-state index < -0.39 is 5.97 Å². The highest BCUT2D eigenvalue weighted by Crippen LogP contribution is 2.30. The SMILES string of the molecule is CCC(CC(=O)O)NC(=O)NCC1CCCC1C. The third-order valence-electron chi connectivity index (χ3n) is 3.81. The van der Waals surface area contributed by atoms with Gasteiger partial charge in [0, 0.05) is 12.6 Å². The van der Waals surface area contributed by atoms with Gasteiger partial charge in [-0.2, -0.15) is 0 Å². The quantitative estimate of drug-likeness (QED) is 0.680. The standard InChI is InChI=1S/C13H24N2O3/c1-3-11(7-12(16)17)15-13(18)14-8-10-6-4-5-9(10)2/h9-11H,3-8H2,1-2H3,(H,16,17)(H2,14,15,18). The Labute approximate surface area is 108 Å². The number of nitrogens with one attached hydrogen (secondary N) is 2. The van der Waals surface area contributed by atoms with E-state index in [1.165, 1.54) is 19.3 Å². The number of carboxylic acid groups (broad SMARTS) is 1. The summed E-state index contributed by atoms with van der Waals surface area (Å²) >= 11 is 0. The average Bonchev–Trinajstić information content (AvgIpc) is 2.70. The van der Waals surface area contributed by atoms with Crippen molar-refractivity contribution < 1.29 is 14.7 Å². The van der Waals surface area contributed by atoms with Crippen molar-refractivity contribution >= 4 is 12.0 Å². The van der Waals surface area contributed by atoms with E-state index in [4.69, 9.17) is 5.11 Å². The number of carboxylic acids is 1. The molecule has 5 nitrogen and oxygen atoms in total. The van der Waals surface area contributed by atoms with E-state index in [2.05, 4.69) is 17.6 Å². The van der Waals surface area contributed by atoms with E-state index in [1.54, 1.807) is 0 Å². The summed E-state index contributed by atoms with van der Waals surface area (Å²) in [6.07, 6.45) is 4.26. The van der Waals surface area contributed by atoms with Gasteiger partial charge in [0.1, 0.15) is 0 Å². The van der Waals surface area contributed by atoms with Crippen molar-refractivity contribution in [1.29, 1.82) is 0 Å². The topological polar surface area (TPSA) is 78.4 Å². The molecule has 1 rings (SSSR count). The third-order valence-corrected chi connectivity index (χ3v) is 3.81. The maximum absolute atomic E-state index is 11.6. The molecule has 3 unspecified atom stereocenters. The molecule has 1 aliphatic rings. The summed E-state index contributed by atoms with van der Waals surface area (Å²) in [4.78, 5) is 22.2. The zero-order valence-electron chi connectivity index (χ0n) is 11.2. The molecule has 18 heavy (non-hydrogen) atoms. The fraction of sp³-hybridized carbons (Fsp3) is 0.846. The lowest BCUT2D eigenvalue weighted by molar-refractivity contribution is -0.137. The van der Waals surface area contributed by atoms with Gasteiger partial charge in [0.25, 0.3) is 0 Å². The van der Waals surface area contributed by atoms with Crippen LogP contribution in [0.3, 0.4) is 0 Å². The molecule has 0 heterocycles. The Balaban J connectivity index is 2.25. The number of aliphatic carboxylic acids is 1. The van der Waals surface area contributed by atoms with E-state index in [0.29, 0.717) is 24.8 Å². The van der Waals surface area contributed by atoms with Crippen LogP contribution in [-0.2, 0) is 4.79 Å². The van der Waals surface area contributed by atoms with Crippen molar-refractivity contribution in [2.45, 2.75) is 52.0 Å². The lowest BCUT2D eigenvalue weighted by Crippen LogP contribution is -2.44. The molecule has 0 radical (unpaired) electrons. The number of hydrogen-bond acceptors (Lipinski definition) is 2. The zero-order valence-corrected chi connectivity index (χ0v) is 11.2. The fourth-order valence-corrected chi connectivity index (χ4v) is 2.49. The summed E-state index contributed by atoms with van der Waals surface area (Å²) in [5, 5.41) is 14.2. The van der Waals surface area contributed by atoms with Crippen molar-refractivity contribution in [3.8, 4) is 0 Å². The molecule has 0 aromatic heterocycles. The van der Waals surface area contributed by atoms with Crippen LogP contribution < -0.4 is 10.6 Å². The molecule has 0 aromatic rings. The monoisotopic (exact) mass is 256 g/mol. The van der Waals surface area contributed by atoms with Gasteiger partial charge in [-0.15, -0.1) is 0 Å². The summed E-state index contributed by atoms with van der Waals surface area (Å²) in [6, 6.07) is -0.536. The molecule has 0 aromatic carbocycles. The van der Waals surface area contributed by atoms with Gasteiger partial charge < -0.3 is 15.7 Å². The molecule has 2 amide bonds. The van der Waals surface area contributed by atoms with Crippen LogP contribution in [-0.4, -0.2) is 29.7 Å². The van der Waals surface area contributed by atoms with Crippen LogP contribution in [0.25, 0.3) is 0 Å². The summed E-state index contributed by atoms with van der Waals surface area (Å²) in [7, 11) is 0. The molecular weight excluding hydrogens is 232 g/mol. The van der Waals surface area contributed by atoms with E-state index >= 15 is 0 Å². The predicted molar refractivity (Wildman–Crippen MR) is 69.4 cm³/mol. The summed E-state index contributed by atoms with van der Waals surface area (Å²) in [5.74, 6) is 0.355. The minimum atomic E-state index is -0.883. The third kappa shape index (κ3) is 4.94. The molecule has 0 aliphatic heterocycles. The van der Waals surface area contributed by atoms with Crippen LogP contribution in [0.1, 0.15) is 46.0 Å². The second kappa shape index (κ2) is 7.24. The van der Waals surface area contributed by atoms with Gasteiger partial charge in [-0.3, -0.25) is 4.79 Å². The number of amides is 2. The van der Waals surface area contributed by atoms with Gasteiger partial charge in [0.2, 0.25) is 0 Å². The molecule has 1 saturated carbocycles. The molecular formula is C13H24N2O3. The van der Waals surface area contributed by atoms with Crippen molar-refractivity contribution in [2.24, 2.45) is 11.8 Å². The van der Waals surface area contributed by atoms with Crippen LogP contribution >= 0.6 is 0 Å². The maximum atomic E-state index is 11.6. The number of carbonyl (C=O) groups is 2. The van der Waals surface area contributed by atoms with Crippen LogP contribution in [0.2, 0.25) is 0 Å². The second-order valence-electron chi connectivity index (χ2n) is 5.23. The first-order valence-corrected chi connectivity index (χ1v) is 6.79. The fourth-order valence-electron chi connectivity index (χ4n) is 2.49. The smallest absolute Gasteiger partial charge is 0.315 e. The number of rotatable bonds is 6. The van der Waals surface area contributed by atoms with Gasteiger partial charge in [-0.05, 0) is 24.7 Å². The molecule has 0 bridgehead atoms. The molecule has 0 saturated heterocycles. The summed E-state index contributed by atoms with van der Waals surface area (Å²) in [6.45, 7) is 4.78. The Bertz CT molecular complexity index is 294. The average molecular weight is 256 g/mol. The first-order valence-electron chi connectivity index (χ1n) is 6.79. The Morgan fingerprint density at radius 3 is 2.61 bits per heavy atom. The molecule has 5 heteroatoms. The highest BCUT2D eigenvalue weighted by Gasteiger charge is 2.23. The molecule has 3 atom stereocenters. The first kappa shape index (κ1) is 14.8. The molecule has 1 aliphatic carbocycles. The van der Waals surface area contributed by atoms with Crippen LogP contribution in [0.4, 0.5) is 4.79 Å². The normalized spacial score (nSPS) is 24.6. The number of urea groups is 1. The van der Waals surface area contributed by atoms with Crippen molar-refractivity contribution in [2.75, 3.05) is 6.54 Å². The minimum Gasteiger partial charge on any atom is -0.481 e. The zero-order chi connectivity index (χ0) is 13.5. The maximum Gasteiger partial charge on any atom is 0.315 e. The van der Waals surface area contributed by atoms with E-state index in [9.17, 15) is 9.59 Å². The van der Waals surface area contributed by atoms with Gasteiger partial charge in [-0.25, -0.2) is 4.79 Å². The number of hydrogen-bond donors (Lipinski definition) is 3. The largest absolute Gasteiger partial charge is 0.481 e. The Morgan fingerprint density at radius 1 is 1.39 bits per heavy atom. The van der Waals surface area contributed by atoms with E-state index in [-0.39, 0.29) is 18.5 Å². The highest BCUT2D eigenvalue weighted by atomic mass is 16.4. The van der Waals surface area contributed by atoms with Crippen LogP contribution in [0, 0.1) is 11.8 Å². The van der Waals surface area contributed by atoms with E-state index in [1.807, 2.05) is 6.92 Å². The number of carbonyl (C=O) groups excluding carboxylic acids is 1. The van der Waals surface area contributed by atoms with Crippen LogP contribution in [0.15, 0.2) is 0 Å².